The largest absolute Gasteiger partial charge is 0.298 e. The minimum atomic E-state index is -0.639. The van der Waals surface area contributed by atoms with Crippen molar-refractivity contribution in [1.82, 2.24) is 0 Å². The summed E-state index contributed by atoms with van der Waals surface area (Å²) in [6.45, 7) is 7.61. The highest BCUT2D eigenvalue weighted by molar-refractivity contribution is 8.02. The van der Waals surface area contributed by atoms with Crippen LogP contribution in [0.3, 0.4) is 0 Å². The average molecular weight is 325 g/mol. The Labute approximate surface area is 141 Å². The summed E-state index contributed by atoms with van der Waals surface area (Å²) in [6, 6.07) is 13.7. The molecule has 1 saturated carbocycles. The van der Waals surface area contributed by atoms with Gasteiger partial charge in [-0.05, 0) is 24.1 Å². The second-order valence-electron chi connectivity index (χ2n) is 7.25. The van der Waals surface area contributed by atoms with Crippen molar-refractivity contribution in [2.24, 2.45) is 16.7 Å². The van der Waals surface area contributed by atoms with Gasteiger partial charge in [-0.1, -0.05) is 45.9 Å². The summed E-state index contributed by atoms with van der Waals surface area (Å²) in [6.07, 6.45) is 0. The van der Waals surface area contributed by atoms with Crippen LogP contribution in [0.15, 0.2) is 30.3 Å². The minimum Gasteiger partial charge on any atom is -0.298 e. The van der Waals surface area contributed by atoms with Crippen LogP contribution in [0.1, 0.15) is 27.7 Å². The van der Waals surface area contributed by atoms with E-state index in [4.69, 9.17) is 0 Å². The summed E-state index contributed by atoms with van der Waals surface area (Å²) in [5.41, 5.74) is -0.382. The number of nitriles is 2. The SMILES string of the molecule is CC1(C)C(=O)C(C)(C)C12SN(c1ccccc1)[C@@H](C#N)[C@@H]2C#N. The first-order chi connectivity index (χ1) is 10.8. The lowest BCUT2D eigenvalue weighted by Crippen LogP contribution is -2.74. The normalized spacial score (nSPS) is 29.7. The first-order valence-corrected chi connectivity index (χ1v) is 8.40. The number of Topliss-reactive ketones (excluding diaryl/α,β-unsaturated/α-hetero) is 1. The quantitative estimate of drug-likeness (QED) is 0.739. The summed E-state index contributed by atoms with van der Waals surface area (Å²) >= 11 is 1.50. The third-order valence-electron chi connectivity index (χ3n) is 5.52. The van der Waals surface area contributed by atoms with Gasteiger partial charge >= 0.3 is 0 Å². The van der Waals surface area contributed by atoms with E-state index in [0.29, 0.717) is 0 Å². The maximum atomic E-state index is 12.6. The zero-order chi connectivity index (χ0) is 17.0. The highest BCUT2D eigenvalue weighted by atomic mass is 32.2. The average Bonchev–Trinajstić information content (AvgIpc) is 2.91. The van der Waals surface area contributed by atoms with Crippen molar-refractivity contribution in [2.45, 2.75) is 38.5 Å². The summed E-state index contributed by atoms with van der Waals surface area (Å²) in [5.74, 6) is -0.371. The lowest BCUT2D eigenvalue weighted by atomic mass is 9.42. The zero-order valence-corrected chi connectivity index (χ0v) is 14.5. The van der Waals surface area contributed by atoms with E-state index < -0.39 is 27.5 Å². The maximum absolute atomic E-state index is 12.6. The lowest BCUT2D eigenvalue weighted by Gasteiger charge is -2.63. The molecular formula is C18H19N3OS. The highest BCUT2D eigenvalue weighted by Crippen LogP contribution is 2.73. The Morgan fingerprint density at radius 3 is 2.09 bits per heavy atom. The molecule has 118 valence electrons. The van der Waals surface area contributed by atoms with Crippen molar-refractivity contribution in [3.05, 3.63) is 30.3 Å². The molecule has 0 N–H and O–H groups in total. The second kappa shape index (κ2) is 4.76. The number of carbonyl (C=O) groups is 1. The first-order valence-electron chi connectivity index (χ1n) is 7.63. The molecule has 1 aliphatic carbocycles. The van der Waals surface area contributed by atoms with Gasteiger partial charge in [0.05, 0.1) is 22.8 Å². The van der Waals surface area contributed by atoms with Gasteiger partial charge in [-0.15, -0.1) is 0 Å². The summed E-state index contributed by atoms with van der Waals surface area (Å²) in [7, 11) is 0. The molecule has 2 aliphatic rings. The van der Waals surface area contributed by atoms with E-state index in [1.54, 1.807) is 0 Å². The molecule has 1 spiro atoms. The molecule has 5 heteroatoms. The Kier molecular flexibility index (Phi) is 3.29. The zero-order valence-electron chi connectivity index (χ0n) is 13.7. The van der Waals surface area contributed by atoms with Crippen LogP contribution in [0.4, 0.5) is 5.69 Å². The van der Waals surface area contributed by atoms with Crippen LogP contribution in [0.5, 0.6) is 0 Å². The smallest absolute Gasteiger partial charge is 0.147 e. The number of rotatable bonds is 1. The van der Waals surface area contributed by atoms with Crippen molar-refractivity contribution >= 4 is 23.4 Å². The Balaban J connectivity index is 2.16. The van der Waals surface area contributed by atoms with Crippen molar-refractivity contribution in [1.29, 1.82) is 10.5 Å². The molecule has 2 fully saturated rings. The molecule has 2 atom stereocenters. The van der Waals surface area contributed by atoms with Gasteiger partial charge in [0.15, 0.2) is 0 Å². The molecule has 0 aromatic heterocycles. The maximum Gasteiger partial charge on any atom is 0.147 e. The monoisotopic (exact) mass is 325 g/mol. The van der Waals surface area contributed by atoms with Crippen LogP contribution < -0.4 is 4.31 Å². The van der Waals surface area contributed by atoms with E-state index >= 15 is 0 Å². The fourth-order valence-corrected chi connectivity index (χ4v) is 6.30. The number of nitrogens with zero attached hydrogens (tertiary/aromatic N) is 3. The first kappa shape index (κ1) is 15.9. The Morgan fingerprint density at radius 1 is 1.04 bits per heavy atom. The molecule has 0 unspecified atom stereocenters. The number of hydrogen-bond acceptors (Lipinski definition) is 5. The van der Waals surface area contributed by atoms with E-state index in [9.17, 15) is 15.3 Å². The van der Waals surface area contributed by atoms with Gasteiger partial charge in [-0.25, -0.2) is 0 Å². The van der Waals surface area contributed by atoms with Crippen LogP contribution in [-0.4, -0.2) is 16.6 Å². The van der Waals surface area contributed by atoms with Crippen LogP contribution in [-0.2, 0) is 4.79 Å². The van der Waals surface area contributed by atoms with Gasteiger partial charge in [0, 0.05) is 16.5 Å². The Bertz CT molecular complexity index is 724. The Hall–Kier alpha value is -1.98. The topological polar surface area (TPSA) is 67.9 Å². The van der Waals surface area contributed by atoms with Crippen molar-refractivity contribution in [3.8, 4) is 12.1 Å². The molecule has 1 heterocycles. The van der Waals surface area contributed by atoms with Gasteiger partial charge in [-0.3, -0.25) is 9.10 Å². The number of hydrogen-bond donors (Lipinski definition) is 0. The number of anilines is 1. The molecule has 1 aliphatic heterocycles. The molecule has 4 nitrogen and oxygen atoms in total. The van der Waals surface area contributed by atoms with E-state index in [2.05, 4.69) is 12.1 Å². The number of ketones is 1. The predicted octanol–water partition coefficient (Wildman–Crippen LogP) is 3.56. The van der Waals surface area contributed by atoms with Crippen molar-refractivity contribution < 1.29 is 4.79 Å². The molecular weight excluding hydrogens is 306 g/mol. The third kappa shape index (κ3) is 1.64. The van der Waals surface area contributed by atoms with E-state index in [0.717, 1.165) is 5.69 Å². The standard InChI is InChI=1S/C18H19N3OS/c1-16(2)15(22)17(3,4)18(16)13(10-19)14(11-20)21(23-18)12-8-6-5-7-9-12/h5-9,13-14H,1-4H3/t13-,14-/m0/s1. The van der Waals surface area contributed by atoms with Gasteiger partial charge in [0.25, 0.3) is 0 Å². The molecule has 1 aromatic rings. The van der Waals surface area contributed by atoms with E-state index in [1.165, 1.54) is 11.9 Å². The van der Waals surface area contributed by atoms with E-state index in [-0.39, 0.29) is 5.78 Å². The molecule has 0 amide bonds. The summed E-state index contributed by atoms with van der Waals surface area (Å²) in [5, 5.41) is 19.5. The molecule has 23 heavy (non-hydrogen) atoms. The second-order valence-corrected chi connectivity index (χ2v) is 8.47. The number of carbonyl (C=O) groups excluding carboxylic acids is 1. The van der Waals surface area contributed by atoms with Gasteiger partial charge in [-0.2, -0.15) is 10.5 Å². The summed E-state index contributed by atoms with van der Waals surface area (Å²) in [4.78, 5) is 12.6. The third-order valence-corrected chi connectivity index (χ3v) is 7.72. The fourth-order valence-electron chi connectivity index (χ4n) is 4.55. The van der Waals surface area contributed by atoms with Crippen LogP contribution >= 0.6 is 11.9 Å². The number of benzene rings is 1. The highest BCUT2D eigenvalue weighted by Gasteiger charge is 2.80. The molecule has 3 rings (SSSR count). The van der Waals surface area contributed by atoms with Crippen LogP contribution in [0.25, 0.3) is 0 Å². The molecule has 1 saturated heterocycles. The van der Waals surface area contributed by atoms with Gasteiger partial charge in [0.2, 0.25) is 0 Å². The van der Waals surface area contributed by atoms with Crippen molar-refractivity contribution in [2.75, 3.05) is 4.31 Å². The fraction of sp³-hybridized carbons (Fsp3) is 0.500. The van der Waals surface area contributed by atoms with Crippen LogP contribution in [0.2, 0.25) is 0 Å². The lowest BCUT2D eigenvalue weighted by molar-refractivity contribution is -0.162. The summed E-state index contributed by atoms with van der Waals surface area (Å²) < 4.78 is 1.33. The molecule has 0 bridgehead atoms. The molecule has 1 aromatic carbocycles. The molecule has 0 radical (unpaired) electrons. The van der Waals surface area contributed by atoms with Crippen molar-refractivity contribution in [3.63, 3.8) is 0 Å². The van der Waals surface area contributed by atoms with Gasteiger partial charge < -0.3 is 0 Å². The Morgan fingerprint density at radius 2 is 1.61 bits per heavy atom. The minimum absolute atomic E-state index is 0.157. The van der Waals surface area contributed by atoms with Crippen LogP contribution in [0, 0.1) is 39.4 Å². The number of para-hydroxylation sites is 1. The van der Waals surface area contributed by atoms with Gasteiger partial charge in [0.1, 0.15) is 11.8 Å². The predicted molar refractivity (Wildman–Crippen MR) is 90.3 cm³/mol. The van der Waals surface area contributed by atoms with E-state index in [1.807, 2.05) is 62.3 Å².